The van der Waals surface area contributed by atoms with E-state index in [1.807, 2.05) is 6.07 Å². The van der Waals surface area contributed by atoms with E-state index < -0.39 is 10.0 Å². The molecule has 0 saturated carbocycles. The molecule has 3 heterocycles. The molecular weight excluding hydrogens is 420 g/mol. The van der Waals surface area contributed by atoms with E-state index >= 15 is 0 Å². The summed E-state index contributed by atoms with van der Waals surface area (Å²) in [6, 6.07) is 11.2. The number of morpholine rings is 1. The van der Waals surface area contributed by atoms with E-state index in [0.717, 1.165) is 0 Å². The molecule has 4 rings (SSSR count). The summed E-state index contributed by atoms with van der Waals surface area (Å²) in [5.74, 6) is 0.177. The molecule has 162 valence electrons. The number of pyridine rings is 1. The molecule has 2 aliphatic heterocycles. The van der Waals surface area contributed by atoms with E-state index in [1.54, 1.807) is 29.2 Å². The number of hydrogen-bond acceptors (Lipinski definition) is 7. The molecule has 1 atom stereocenters. The molecule has 2 saturated heterocycles. The predicted octanol–water partition coefficient (Wildman–Crippen LogP) is 1.27. The highest BCUT2D eigenvalue weighted by molar-refractivity contribution is 7.89. The molecule has 2 aliphatic rings. The third-order valence-corrected chi connectivity index (χ3v) is 7.21. The zero-order valence-corrected chi connectivity index (χ0v) is 17.6. The Balaban J connectivity index is 1.39. The van der Waals surface area contributed by atoms with Crippen LogP contribution in [-0.2, 0) is 14.8 Å². The standard InChI is InChI=1S/C21H22N4O5S/c22-14-16-5-7-23-20(13-16)30-18-6-8-24(15-18)21(26)17-1-3-19(4-2-17)31(27,28)25-9-11-29-12-10-25/h1-5,7,13,18H,6,8-12,15H2. The van der Waals surface area contributed by atoms with Crippen LogP contribution in [0, 0.1) is 11.3 Å². The molecule has 0 N–H and O–H groups in total. The van der Waals surface area contributed by atoms with Crippen molar-refractivity contribution in [2.75, 3.05) is 39.4 Å². The first-order valence-corrected chi connectivity index (χ1v) is 11.4. The first-order valence-electron chi connectivity index (χ1n) is 9.97. The van der Waals surface area contributed by atoms with E-state index in [2.05, 4.69) is 4.98 Å². The summed E-state index contributed by atoms with van der Waals surface area (Å²) in [7, 11) is -3.59. The van der Waals surface area contributed by atoms with Crippen LogP contribution in [0.3, 0.4) is 0 Å². The topological polar surface area (TPSA) is 113 Å². The van der Waals surface area contributed by atoms with Gasteiger partial charge < -0.3 is 14.4 Å². The number of nitriles is 1. The summed E-state index contributed by atoms with van der Waals surface area (Å²) in [6.07, 6.45) is 1.94. The smallest absolute Gasteiger partial charge is 0.253 e. The first-order chi connectivity index (χ1) is 15.0. The molecule has 1 unspecified atom stereocenters. The normalized spacial score (nSPS) is 19.7. The van der Waals surface area contributed by atoms with Gasteiger partial charge in [-0.25, -0.2) is 13.4 Å². The number of likely N-dealkylation sites (tertiary alicyclic amines) is 1. The van der Waals surface area contributed by atoms with Crippen LogP contribution < -0.4 is 4.74 Å². The van der Waals surface area contributed by atoms with Gasteiger partial charge in [0.2, 0.25) is 15.9 Å². The molecule has 9 nitrogen and oxygen atoms in total. The number of nitrogens with zero attached hydrogens (tertiary/aromatic N) is 4. The van der Waals surface area contributed by atoms with Gasteiger partial charge in [-0.15, -0.1) is 0 Å². The Kier molecular flexibility index (Phi) is 6.18. The number of amides is 1. The van der Waals surface area contributed by atoms with Crippen molar-refractivity contribution in [3.8, 4) is 11.9 Å². The van der Waals surface area contributed by atoms with Crippen molar-refractivity contribution in [3.05, 3.63) is 53.7 Å². The lowest BCUT2D eigenvalue weighted by Crippen LogP contribution is -2.40. The lowest BCUT2D eigenvalue weighted by atomic mass is 10.2. The van der Waals surface area contributed by atoms with Gasteiger partial charge in [0.15, 0.2) is 0 Å². The lowest BCUT2D eigenvalue weighted by molar-refractivity contribution is 0.0730. The minimum Gasteiger partial charge on any atom is -0.472 e. The number of sulfonamides is 1. The van der Waals surface area contributed by atoms with Gasteiger partial charge in [-0.2, -0.15) is 9.57 Å². The fourth-order valence-corrected chi connectivity index (χ4v) is 5.02. The monoisotopic (exact) mass is 442 g/mol. The fraction of sp³-hybridized carbons (Fsp3) is 0.381. The van der Waals surface area contributed by atoms with Crippen molar-refractivity contribution in [2.24, 2.45) is 0 Å². The Morgan fingerprint density at radius 1 is 1.16 bits per heavy atom. The molecular formula is C21H22N4O5S. The maximum absolute atomic E-state index is 12.8. The highest BCUT2D eigenvalue weighted by atomic mass is 32.2. The predicted molar refractivity (Wildman–Crippen MR) is 110 cm³/mol. The van der Waals surface area contributed by atoms with E-state index in [1.165, 1.54) is 22.6 Å². The average molecular weight is 442 g/mol. The zero-order valence-electron chi connectivity index (χ0n) is 16.8. The Bertz CT molecular complexity index is 1090. The van der Waals surface area contributed by atoms with Crippen LogP contribution in [0.4, 0.5) is 0 Å². The molecule has 0 bridgehead atoms. The van der Waals surface area contributed by atoms with Crippen LogP contribution in [0.1, 0.15) is 22.3 Å². The van der Waals surface area contributed by atoms with Gasteiger partial charge >= 0.3 is 0 Å². The minimum atomic E-state index is -3.59. The van der Waals surface area contributed by atoms with E-state index in [4.69, 9.17) is 14.7 Å². The largest absolute Gasteiger partial charge is 0.472 e. The van der Waals surface area contributed by atoms with E-state index in [0.29, 0.717) is 62.8 Å². The number of hydrogen-bond donors (Lipinski definition) is 0. The number of carbonyl (C=O) groups excluding carboxylic acids is 1. The van der Waals surface area contributed by atoms with Gasteiger partial charge in [-0.3, -0.25) is 4.79 Å². The average Bonchev–Trinajstić information content (AvgIpc) is 3.27. The van der Waals surface area contributed by atoms with Crippen molar-refractivity contribution >= 4 is 15.9 Å². The Morgan fingerprint density at radius 3 is 2.61 bits per heavy atom. The van der Waals surface area contributed by atoms with E-state index in [-0.39, 0.29) is 16.9 Å². The Morgan fingerprint density at radius 2 is 1.90 bits per heavy atom. The van der Waals surface area contributed by atoms with Crippen molar-refractivity contribution < 1.29 is 22.7 Å². The van der Waals surface area contributed by atoms with Gasteiger partial charge in [-0.05, 0) is 30.3 Å². The van der Waals surface area contributed by atoms with Crippen LogP contribution in [0.15, 0.2) is 47.5 Å². The number of benzene rings is 1. The number of ether oxygens (including phenoxy) is 2. The van der Waals surface area contributed by atoms with Crippen LogP contribution in [0.5, 0.6) is 5.88 Å². The fourth-order valence-electron chi connectivity index (χ4n) is 3.61. The maximum Gasteiger partial charge on any atom is 0.253 e. The molecule has 2 fully saturated rings. The van der Waals surface area contributed by atoms with Crippen molar-refractivity contribution in [3.63, 3.8) is 0 Å². The number of rotatable bonds is 5. The summed E-state index contributed by atoms with van der Waals surface area (Å²) < 4.78 is 37.9. The highest BCUT2D eigenvalue weighted by Crippen LogP contribution is 2.21. The lowest BCUT2D eigenvalue weighted by Gasteiger charge is -2.26. The molecule has 0 spiro atoms. The minimum absolute atomic E-state index is 0.164. The zero-order chi connectivity index (χ0) is 21.8. The van der Waals surface area contributed by atoms with Gasteiger partial charge in [-0.1, -0.05) is 0 Å². The van der Waals surface area contributed by atoms with Gasteiger partial charge in [0.25, 0.3) is 5.91 Å². The van der Waals surface area contributed by atoms with Gasteiger partial charge in [0, 0.05) is 43.9 Å². The Hall–Kier alpha value is -3.00. The van der Waals surface area contributed by atoms with Crippen molar-refractivity contribution in [1.82, 2.24) is 14.2 Å². The Labute approximate surface area is 180 Å². The molecule has 1 amide bonds. The van der Waals surface area contributed by atoms with Gasteiger partial charge in [0.05, 0.1) is 36.3 Å². The summed E-state index contributed by atoms with van der Waals surface area (Å²) in [5, 5.41) is 8.98. The summed E-state index contributed by atoms with van der Waals surface area (Å²) >= 11 is 0. The van der Waals surface area contributed by atoms with E-state index in [9.17, 15) is 13.2 Å². The van der Waals surface area contributed by atoms with Crippen LogP contribution >= 0.6 is 0 Å². The molecule has 0 radical (unpaired) electrons. The molecule has 1 aromatic heterocycles. The molecule has 0 aliphatic carbocycles. The second kappa shape index (κ2) is 9.01. The summed E-state index contributed by atoms with van der Waals surface area (Å²) in [5.41, 5.74) is 0.884. The molecule has 1 aromatic carbocycles. The maximum atomic E-state index is 12.8. The highest BCUT2D eigenvalue weighted by Gasteiger charge is 2.30. The number of aromatic nitrogens is 1. The summed E-state index contributed by atoms with van der Waals surface area (Å²) in [6.45, 7) is 2.32. The van der Waals surface area contributed by atoms with Crippen molar-refractivity contribution in [2.45, 2.75) is 17.4 Å². The third kappa shape index (κ3) is 4.69. The van der Waals surface area contributed by atoms with Crippen molar-refractivity contribution in [1.29, 1.82) is 5.26 Å². The van der Waals surface area contributed by atoms with Crippen LogP contribution in [0.25, 0.3) is 0 Å². The van der Waals surface area contributed by atoms with Crippen LogP contribution in [0.2, 0.25) is 0 Å². The first kappa shape index (κ1) is 21.2. The quantitative estimate of drug-likeness (QED) is 0.685. The molecule has 2 aromatic rings. The van der Waals surface area contributed by atoms with Crippen LogP contribution in [-0.4, -0.2) is 74.0 Å². The molecule has 10 heteroatoms. The van der Waals surface area contributed by atoms with Gasteiger partial charge in [0.1, 0.15) is 6.10 Å². The SMILES string of the molecule is N#Cc1ccnc(OC2CCN(C(=O)c3ccc(S(=O)(=O)N4CCOCC4)cc3)C2)c1. The molecule has 31 heavy (non-hydrogen) atoms. The summed E-state index contributed by atoms with van der Waals surface area (Å²) in [4.78, 5) is 18.8. The second-order valence-corrected chi connectivity index (χ2v) is 9.25. The number of carbonyl (C=O) groups is 1. The second-order valence-electron chi connectivity index (χ2n) is 7.32. The third-order valence-electron chi connectivity index (χ3n) is 5.29.